The normalized spacial score (nSPS) is 12.8. The fourth-order valence-corrected chi connectivity index (χ4v) is 3.20. The molecule has 29 heavy (non-hydrogen) atoms. The van der Waals surface area contributed by atoms with Crippen molar-refractivity contribution in [2.75, 3.05) is 20.6 Å². The van der Waals surface area contributed by atoms with E-state index in [0.717, 1.165) is 11.1 Å². The Bertz CT molecular complexity index is 938. The summed E-state index contributed by atoms with van der Waals surface area (Å²) in [6.07, 6.45) is 0. The number of likely N-dealkylation sites (N-methyl/N-ethyl adjacent to an activating group) is 1. The van der Waals surface area contributed by atoms with E-state index in [0.29, 0.717) is 12.3 Å². The smallest absolute Gasteiger partial charge is 0.273 e. The van der Waals surface area contributed by atoms with E-state index < -0.39 is 0 Å². The highest BCUT2D eigenvalue weighted by Crippen LogP contribution is 2.25. The maximum atomic E-state index is 12.6. The molecule has 5 heteroatoms. The Hall–Kier alpha value is -2.92. The highest BCUT2D eigenvalue weighted by atomic mass is 16.5. The predicted octanol–water partition coefficient (Wildman–Crippen LogP) is 4.67. The van der Waals surface area contributed by atoms with E-state index in [1.165, 1.54) is 5.56 Å². The largest absolute Gasteiger partial charge is 0.355 e. The molecule has 0 saturated carbocycles. The van der Waals surface area contributed by atoms with Crippen LogP contribution in [0.1, 0.15) is 48.4 Å². The summed E-state index contributed by atoms with van der Waals surface area (Å²) in [6.45, 7) is 7.09. The monoisotopic (exact) mass is 391 g/mol. The molecule has 1 aromatic heterocycles. The first-order valence-electron chi connectivity index (χ1n) is 9.83. The number of carbonyl (C=O) groups is 1. The first-order valence-corrected chi connectivity index (χ1v) is 9.83. The van der Waals surface area contributed by atoms with Gasteiger partial charge in [-0.1, -0.05) is 80.5 Å². The minimum atomic E-state index is -0.242. The summed E-state index contributed by atoms with van der Waals surface area (Å²) in [6, 6.07) is 20.0. The summed E-state index contributed by atoms with van der Waals surface area (Å²) in [5, 5.41) is 6.91. The lowest BCUT2D eigenvalue weighted by atomic mass is 9.86. The van der Waals surface area contributed by atoms with E-state index in [4.69, 9.17) is 4.52 Å². The van der Waals surface area contributed by atoms with E-state index >= 15 is 0 Å². The summed E-state index contributed by atoms with van der Waals surface area (Å²) in [4.78, 5) is 14.7. The van der Waals surface area contributed by atoms with Gasteiger partial charge in [0.2, 0.25) is 0 Å². The first-order chi connectivity index (χ1) is 13.8. The zero-order chi connectivity index (χ0) is 21.0. The molecule has 0 fully saturated rings. The van der Waals surface area contributed by atoms with Crippen LogP contribution in [0.2, 0.25) is 0 Å². The van der Waals surface area contributed by atoms with Crippen molar-refractivity contribution in [3.8, 4) is 11.3 Å². The third-order valence-corrected chi connectivity index (χ3v) is 5.04. The van der Waals surface area contributed by atoms with Gasteiger partial charge in [-0.15, -0.1) is 0 Å². The fourth-order valence-electron chi connectivity index (χ4n) is 3.20. The fraction of sp³-hybridized carbons (Fsp3) is 0.333. The number of amides is 1. The predicted molar refractivity (Wildman–Crippen MR) is 116 cm³/mol. The Labute approximate surface area is 172 Å². The van der Waals surface area contributed by atoms with Crippen LogP contribution in [0.15, 0.2) is 65.2 Å². The van der Waals surface area contributed by atoms with E-state index in [2.05, 4.69) is 60.4 Å². The van der Waals surface area contributed by atoms with Gasteiger partial charge in [-0.25, -0.2) is 0 Å². The van der Waals surface area contributed by atoms with Gasteiger partial charge in [0, 0.05) is 18.2 Å². The quantitative estimate of drug-likeness (QED) is 0.663. The number of rotatable bonds is 6. The topological polar surface area (TPSA) is 58.4 Å². The summed E-state index contributed by atoms with van der Waals surface area (Å²) in [5.74, 6) is 0.340. The summed E-state index contributed by atoms with van der Waals surface area (Å²) in [5.41, 5.74) is 3.74. The van der Waals surface area contributed by atoms with Crippen LogP contribution in [0, 0.1) is 0 Å². The molecule has 3 rings (SSSR count). The van der Waals surface area contributed by atoms with E-state index in [9.17, 15) is 4.79 Å². The molecule has 3 aromatic rings. The molecular weight excluding hydrogens is 362 g/mol. The van der Waals surface area contributed by atoms with Crippen molar-refractivity contribution >= 4 is 5.91 Å². The van der Waals surface area contributed by atoms with E-state index in [1.54, 1.807) is 6.07 Å². The molecule has 1 amide bonds. The van der Waals surface area contributed by atoms with Crippen LogP contribution >= 0.6 is 0 Å². The van der Waals surface area contributed by atoms with Gasteiger partial charge in [0.25, 0.3) is 5.91 Å². The maximum Gasteiger partial charge on any atom is 0.273 e. The number of nitrogens with zero attached hydrogens (tertiary/aromatic N) is 2. The molecule has 5 nitrogen and oxygen atoms in total. The van der Waals surface area contributed by atoms with E-state index in [-0.39, 0.29) is 23.1 Å². The van der Waals surface area contributed by atoms with Gasteiger partial charge in [-0.3, -0.25) is 4.79 Å². The SMILES string of the molecule is CN(C)[C@@H](CNC(=O)c1cc(-c2ccccc2)on1)c1ccc(C(C)(C)C)cc1. The van der Waals surface area contributed by atoms with Crippen molar-refractivity contribution in [2.24, 2.45) is 0 Å². The number of hydrogen-bond donors (Lipinski definition) is 1. The number of nitrogens with one attached hydrogen (secondary N) is 1. The van der Waals surface area contributed by atoms with Crippen LogP contribution in [-0.2, 0) is 5.41 Å². The van der Waals surface area contributed by atoms with Gasteiger partial charge in [0.1, 0.15) is 0 Å². The lowest BCUT2D eigenvalue weighted by molar-refractivity contribution is 0.0933. The minimum absolute atomic E-state index is 0.0634. The van der Waals surface area contributed by atoms with Crippen LogP contribution in [-0.4, -0.2) is 36.6 Å². The van der Waals surface area contributed by atoms with Gasteiger partial charge in [0.05, 0.1) is 6.04 Å². The molecule has 1 atom stereocenters. The lowest BCUT2D eigenvalue weighted by Gasteiger charge is -2.26. The second kappa shape index (κ2) is 8.62. The zero-order valence-corrected chi connectivity index (χ0v) is 17.8. The highest BCUT2D eigenvalue weighted by molar-refractivity contribution is 5.93. The Balaban J connectivity index is 1.68. The number of hydrogen-bond acceptors (Lipinski definition) is 4. The van der Waals surface area contributed by atoms with Crippen LogP contribution in [0.5, 0.6) is 0 Å². The van der Waals surface area contributed by atoms with Crippen LogP contribution < -0.4 is 5.32 Å². The molecule has 0 radical (unpaired) electrons. The molecule has 0 aliphatic heterocycles. The summed E-state index contributed by atoms with van der Waals surface area (Å²) < 4.78 is 5.33. The van der Waals surface area contributed by atoms with Crippen LogP contribution in [0.3, 0.4) is 0 Å². The third kappa shape index (κ3) is 5.12. The number of aromatic nitrogens is 1. The van der Waals surface area contributed by atoms with Gasteiger partial charge >= 0.3 is 0 Å². The van der Waals surface area contributed by atoms with Gasteiger partial charge < -0.3 is 14.7 Å². The molecule has 0 unspecified atom stereocenters. The second-order valence-corrected chi connectivity index (χ2v) is 8.50. The standard InChI is InChI=1S/C24H29N3O2/c1-24(2,3)19-13-11-17(12-14-19)21(27(4)5)16-25-23(28)20-15-22(29-26-20)18-9-7-6-8-10-18/h6-15,21H,16H2,1-5H3,(H,25,28)/t21-/m0/s1. The second-order valence-electron chi connectivity index (χ2n) is 8.50. The van der Waals surface area contributed by atoms with Gasteiger partial charge in [0.15, 0.2) is 11.5 Å². The minimum Gasteiger partial charge on any atom is -0.355 e. The van der Waals surface area contributed by atoms with Crippen molar-refractivity contribution in [1.29, 1.82) is 0 Å². The molecule has 0 spiro atoms. The number of benzene rings is 2. The third-order valence-electron chi connectivity index (χ3n) is 5.04. The average molecular weight is 392 g/mol. The van der Waals surface area contributed by atoms with Crippen molar-refractivity contribution < 1.29 is 9.32 Å². The molecular formula is C24H29N3O2. The molecule has 0 aliphatic carbocycles. The Kier molecular flexibility index (Phi) is 6.18. The molecule has 0 bridgehead atoms. The zero-order valence-electron chi connectivity index (χ0n) is 17.8. The van der Waals surface area contributed by atoms with Crippen molar-refractivity contribution in [1.82, 2.24) is 15.4 Å². The Morgan fingerprint density at radius 3 is 2.31 bits per heavy atom. The van der Waals surface area contributed by atoms with Crippen molar-refractivity contribution in [3.05, 3.63) is 77.5 Å². The summed E-state index contributed by atoms with van der Waals surface area (Å²) >= 11 is 0. The molecule has 1 heterocycles. The Morgan fingerprint density at radius 2 is 1.72 bits per heavy atom. The molecule has 1 N–H and O–H groups in total. The van der Waals surface area contributed by atoms with Gasteiger partial charge in [-0.05, 0) is 30.6 Å². The Morgan fingerprint density at radius 1 is 1.07 bits per heavy atom. The number of carbonyl (C=O) groups excluding carboxylic acids is 1. The molecule has 0 aliphatic rings. The van der Waals surface area contributed by atoms with Crippen LogP contribution in [0.25, 0.3) is 11.3 Å². The molecule has 2 aromatic carbocycles. The average Bonchev–Trinajstić information content (AvgIpc) is 3.18. The summed E-state index contributed by atoms with van der Waals surface area (Å²) in [7, 11) is 4.02. The van der Waals surface area contributed by atoms with Gasteiger partial charge in [-0.2, -0.15) is 0 Å². The highest BCUT2D eigenvalue weighted by Gasteiger charge is 2.20. The molecule has 0 saturated heterocycles. The van der Waals surface area contributed by atoms with Crippen LogP contribution in [0.4, 0.5) is 0 Å². The first kappa shape index (κ1) is 20.8. The maximum absolute atomic E-state index is 12.6. The van der Waals surface area contributed by atoms with Crippen molar-refractivity contribution in [2.45, 2.75) is 32.2 Å². The van der Waals surface area contributed by atoms with E-state index in [1.807, 2.05) is 44.4 Å². The molecule has 152 valence electrons. The van der Waals surface area contributed by atoms with Crippen molar-refractivity contribution in [3.63, 3.8) is 0 Å². The lowest BCUT2D eigenvalue weighted by Crippen LogP contribution is -2.34.